The van der Waals surface area contributed by atoms with E-state index >= 15 is 0 Å². The summed E-state index contributed by atoms with van der Waals surface area (Å²) in [5.74, 6) is 0. The summed E-state index contributed by atoms with van der Waals surface area (Å²) in [6, 6.07) is -0.319. The fourth-order valence-electron chi connectivity index (χ4n) is 2.26. The van der Waals surface area contributed by atoms with Gasteiger partial charge in [-0.2, -0.15) is 24.2 Å². The molecule has 0 aromatic rings. The first-order valence-electron chi connectivity index (χ1n) is 6.45. The molecule has 0 bridgehead atoms. The summed E-state index contributed by atoms with van der Waals surface area (Å²) in [6.07, 6.45) is 8.49. The Morgan fingerprint density at radius 1 is 0.471 bits per heavy atom. The predicted molar refractivity (Wildman–Crippen MR) is 69.4 cm³/mol. The Morgan fingerprint density at radius 3 is 0.765 bits per heavy atom. The van der Waals surface area contributed by atoms with Gasteiger partial charge in [-0.3, -0.25) is 0 Å². The van der Waals surface area contributed by atoms with Gasteiger partial charge < -0.3 is 22.9 Å². The number of rotatable bonds is 0. The van der Waals surface area contributed by atoms with Crippen LogP contribution in [-0.2, 0) is 17.1 Å². The Kier molecular flexibility index (Phi) is 9.51. The van der Waals surface area contributed by atoms with Crippen LogP contribution in [0.25, 0.3) is 22.9 Å². The van der Waals surface area contributed by atoms with Crippen molar-refractivity contribution in [2.75, 3.05) is 0 Å². The van der Waals surface area contributed by atoms with Crippen molar-refractivity contribution < 1.29 is 17.1 Å². The fraction of sp³-hybridized carbons (Fsp3) is 1.00. The molecule has 0 saturated heterocycles. The van der Waals surface area contributed by atoms with Gasteiger partial charge in [-0.1, -0.05) is 51.4 Å². The SMILES string of the molecule is [Cu+2].[NH-]C1CCCCC1[NH-].[NH-]C1CCCCC1[NH-]. The van der Waals surface area contributed by atoms with E-state index in [-0.39, 0.29) is 41.2 Å². The average Bonchev–Trinajstić information content (AvgIpc) is 2.28. The Labute approximate surface area is 116 Å². The van der Waals surface area contributed by atoms with Gasteiger partial charge in [0.05, 0.1) is 0 Å². The minimum atomic E-state index is -0.0799. The zero-order chi connectivity index (χ0) is 12.0. The summed E-state index contributed by atoms with van der Waals surface area (Å²) in [4.78, 5) is 0. The molecule has 2 fully saturated rings. The molecule has 0 aliphatic heterocycles. The topological polar surface area (TPSA) is 95.2 Å². The molecule has 2 saturated carbocycles. The van der Waals surface area contributed by atoms with Gasteiger partial charge in [-0.25, -0.2) is 0 Å². The van der Waals surface area contributed by atoms with Crippen LogP contribution in [0.3, 0.4) is 0 Å². The third-order valence-corrected chi connectivity index (χ3v) is 3.53. The zero-order valence-electron chi connectivity index (χ0n) is 10.3. The van der Waals surface area contributed by atoms with E-state index in [1.165, 1.54) is 25.7 Å². The molecule has 2 rings (SSSR count). The molecule has 4 nitrogen and oxygen atoms in total. The van der Waals surface area contributed by atoms with Crippen LogP contribution in [0.5, 0.6) is 0 Å². The second kappa shape index (κ2) is 9.31. The van der Waals surface area contributed by atoms with Crippen LogP contribution >= 0.6 is 0 Å². The van der Waals surface area contributed by atoms with Gasteiger partial charge >= 0.3 is 17.1 Å². The minimum absolute atomic E-state index is 0. The molecule has 0 spiro atoms. The normalized spacial score (nSPS) is 37.4. The number of hydrogen-bond acceptors (Lipinski definition) is 0. The molecule has 5 heteroatoms. The van der Waals surface area contributed by atoms with Crippen molar-refractivity contribution in [3.63, 3.8) is 0 Å². The van der Waals surface area contributed by atoms with Crippen molar-refractivity contribution in [3.05, 3.63) is 22.9 Å². The molecule has 2 aliphatic rings. The molecule has 17 heavy (non-hydrogen) atoms. The van der Waals surface area contributed by atoms with Crippen LogP contribution in [0.1, 0.15) is 51.4 Å². The van der Waals surface area contributed by atoms with E-state index in [0.717, 1.165) is 25.7 Å². The summed E-state index contributed by atoms with van der Waals surface area (Å²) in [6.45, 7) is 0. The first-order chi connectivity index (χ1) is 7.61. The van der Waals surface area contributed by atoms with Crippen molar-refractivity contribution in [1.82, 2.24) is 0 Å². The van der Waals surface area contributed by atoms with Crippen LogP contribution < -0.4 is 0 Å². The van der Waals surface area contributed by atoms with E-state index in [1.807, 2.05) is 0 Å². The third kappa shape index (κ3) is 6.75. The third-order valence-electron chi connectivity index (χ3n) is 3.53. The van der Waals surface area contributed by atoms with Gasteiger partial charge in [0, 0.05) is 0 Å². The standard InChI is InChI=1S/2C6H12N2.Cu/c2*7-5-3-1-2-4-6(5)8;/h2*5-8H,1-4H2;/q2*-2;+2. The van der Waals surface area contributed by atoms with Crippen molar-refractivity contribution >= 4 is 0 Å². The van der Waals surface area contributed by atoms with E-state index in [9.17, 15) is 0 Å². The van der Waals surface area contributed by atoms with E-state index in [1.54, 1.807) is 0 Å². The molecular formula is C12H24CuN4-2. The molecule has 0 aromatic heterocycles. The van der Waals surface area contributed by atoms with Gasteiger partial charge in [0.2, 0.25) is 0 Å². The second-order valence-corrected chi connectivity index (χ2v) is 4.99. The first-order valence-corrected chi connectivity index (χ1v) is 6.45. The summed E-state index contributed by atoms with van der Waals surface area (Å²) >= 11 is 0. The summed E-state index contributed by atoms with van der Waals surface area (Å²) < 4.78 is 0. The fourth-order valence-corrected chi connectivity index (χ4v) is 2.26. The molecule has 4 unspecified atom stereocenters. The molecule has 0 amide bonds. The Bertz CT molecular complexity index is 151. The van der Waals surface area contributed by atoms with E-state index in [2.05, 4.69) is 0 Å². The number of hydrogen-bond donors (Lipinski definition) is 0. The van der Waals surface area contributed by atoms with Crippen LogP contribution in [0.2, 0.25) is 0 Å². The van der Waals surface area contributed by atoms with Crippen LogP contribution in [0, 0.1) is 0 Å². The quantitative estimate of drug-likeness (QED) is 0.572. The summed E-state index contributed by atoms with van der Waals surface area (Å²) in [5.41, 5.74) is 29.2. The maximum atomic E-state index is 7.29. The second-order valence-electron chi connectivity index (χ2n) is 4.99. The molecule has 0 aromatic carbocycles. The minimum Gasteiger partial charge on any atom is -0.676 e. The molecule has 2 aliphatic carbocycles. The summed E-state index contributed by atoms with van der Waals surface area (Å²) in [7, 11) is 0. The van der Waals surface area contributed by atoms with Crippen molar-refractivity contribution in [1.29, 1.82) is 0 Å². The molecule has 0 heterocycles. The maximum absolute atomic E-state index is 7.29. The van der Waals surface area contributed by atoms with Crippen LogP contribution in [0.15, 0.2) is 0 Å². The monoisotopic (exact) mass is 287 g/mol. The van der Waals surface area contributed by atoms with Crippen LogP contribution in [-0.4, -0.2) is 24.2 Å². The zero-order valence-corrected chi connectivity index (χ0v) is 11.2. The molecular weight excluding hydrogens is 264 g/mol. The Hall–Kier alpha value is 0.359. The predicted octanol–water partition coefficient (Wildman–Crippen LogP) is 4.80. The van der Waals surface area contributed by atoms with Gasteiger partial charge in [-0.05, 0) is 0 Å². The molecule has 4 N–H and O–H groups in total. The largest absolute Gasteiger partial charge is 2.00 e. The van der Waals surface area contributed by atoms with Gasteiger partial charge in [0.15, 0.2) is 0 Å². The number of nitrogens with one attached hydrogen (secondary N) is 4. The first kappa shape index (κ1) is 17.4. The van der Waals surface area contributed by atoms with Gasteiger partial charge in [-0.15, -0.1) is 0 Å². The van der Waals surface area contributed by atoms with E-state index in [4.69, 9.17) is 22.9 Å². The van der Waals surface area contributed by atoms with Crippen molar-refractivity contribution in [3.8, 4) is 0 Å². The van der Waals surface area contributed by atoms with E-state index < -0.39 is 0 Å². The smallest absolute Gasteiger partial charge is 0.676 e. The van der Waals surface area contributed by atoms with Crippen molar-refractivity contribution in [2.24, 2.45) is 0 Å². The molecule has 105 valence electrons. The maximum Gasteiger partial charge on any atom is 2.00 e. The van der Waals surface area contributed by atoms with Gasteiger partial charge in [0.1, 0.15) is 0 Å². The van der Waals surface area contributed by atoms with Gasteiger partial charge in [0.25, 0.3) is 0 Å². The van der Waals surface area contributed by atoms with E-state index in [0.29, 0.717) is 0 Å². The average molecular weight is 288 g/mol. The summed E-state index contributed by atoms with van der Waals surface area (Å²) in [5, 5.41) is 0. The Morgan fingerprint density at radius 2 is 0.647 bits per heavy atom. The molecule has 4 atom stereocenters. The molecule has 1 radical (unpaired) electrons. The Balaban J connectivity index is 0.000000284. The van der Waals surface area contributed by atoms with Crippen LogP contribution in [0.4, 0.5) is 0 Å². The van der Waals surface area contributed by atoms with Crippen molar-refractivity contribution in [2.45, 2.75) is 75.5 Å².